The summed E-state index contributed by atoms with van der Waals surface area (Å²) >= 11 is 9.38. The van der Waals surface area contributed by atoms with Gasteiger partial charge in [-0.3, -0.25) is 0 Å². The van der Waals surface area contributed by atoms with Crippen molar-refractivity contribution in [3.05, 3.63) is 35.5 Å². The molecule has 3 rings (SSSR count). The Bertz CT molecular complexity index is 608. The number of aliphatic hydroxyl groups is 1. The highest BCUT2D eigenvalue weighted by Gasteiger charge is 2.28. The van der Waals surface area contributed by atoms with Crippen molar-refractivity contribution in [2.75, 3.05) is 6.61 Å². The van der Waals surface area contributed by atoms with E-state index in [2.05, 4.69) is 29.7 Å². The minimum Gasteiger partial charge on any atom is -0.394 e. The van der Waals surface area contributed by atoms with Gasteiger partial charge in [0.15, 0.2) is 0 Å². The normalized spacial score (nSPS) is 19.0. The molecule has 1 unspecified atom stereocenters. The van der Waals surface area contributed by atoms with Crippen molar-refractivity contribution in [1.29, 1.82) is 0 Å². The van der Waals surface area contributed by atoms with Gasteiger partial charge in [-0.1, -0.05) is 30.4 Å². The van der Waals surface area contributed by atoms with Crippen LogP contribution in [0.4, 0.5) is 0 Å². The maximum Gasteiger partial charge on any atom is 0.133 e. The molecule has 5 heteroatoms. The summed E-state index contributed by atoms with van der Waals surface area (Å²) in [5.41, 5.74) is 3.62. The molecule has 1 aromatic heterocycles. The number of para-hydroxylation sites is 1. The molecule has 18 heavy (non-hydrogen) atoms. The number of thiol groups is 1. The van der Waals surface area contributed by atoms with E-state index in [0.29, 0.717) is 10.9 Å². The number of aliphatic hydroxyl groups excluding tert-OH is 1. The number of aromatic nitrogens is 1. The monoisotopic (exact) mass is 278 g/mol. The number of benzene rings is 1. The van der Waals surface area contributed by atoms with Gasteiger partial charge in [-0.2, -0.15) is 0 Å². The lowest BCUT2D eigenvalue weighted by Gasteiger charge is -2.35. The Hall–Kier alpha value is -1.04. The van der Waals surface area contributed by atoms with Gasteiger partial charge in [-0.15, -0.1) is 12.6 Å². The fraction of sp³-hybridized carbons (Fsp3) is 0.308. The minimum atomic E-state index is 0.0294. The molecule has 0 spiro atoms. The van der Waals surface area contributed by atoms with E-state index >= 15 is 0 Å². The molecule has 1 aromatic carbocycles. The van der Waals surface area contributed by atoms with Crippen molar-refractivity contribution in [1.82, 2.24) is 9.88 Å². The van der Waals surface area contributed by atoms with E-state index in [9.17, 15) is 5.11 Å². The van der Waals surface area contributed by atoms with Gasteiger partial charge in [0.25, 0.3) is 0 Å². The lowest BCUT2D eigenvalue weighted by molar-refractivity contribution is 0.170. The Labute approximate surface area is 116 Å². The smallest absolute Gasteiger partial charge is 0.133 e. The second-order valence-corrected chi connectivity index (χ2v) is 5.69. The summed E-state index contributed by atoms with van der Waals surface area (Å²) in [6.07, 6.45) is 0.802. The van der Waals surface area contributed by atoms with Crippen molar-refractivity contribution in [2.24, 2.45) is 0 Å². The standard InChI is InChI=1S/C13H14N2OS2/c16-7-8-5-10-9-3-1-2-4-11(9)14-12(10)6-15(8)13(17)18/h1-4,8,14,16H,5-7H2,(H,17,18). The fourth-order valence-corrected chi connectivity index (χ4v) is 3.10. The molecule has 0 saturated heterocycles. The zero-order chi connectivity index (χ0) is 12.7. The predicted molar refractivity (Wildman–Crippen MR) is 80.0 cm³/mol. The molecular formula is C13H14N2OS2. The summed E-state index contributed by atoms with van der Waals surface area (Å²) in [6, 6.07) is 8.29. The van der Waals surface area contributed by atoms with E-state index in [1.54, 1.807) is 0 Å². The van der Waals surface area contributed by atoms with Gasteiger partial charge in [0.1, 0.15) is 4.32 Å². The van der Waals surface area contributed by atoms with Gasteiger partial charge in [0.05, 0.1) is 19.2 Å². The quantitative estimate of drug-likeness (QED) is 0.552. The van der Waals surface area contributed by atoms with E-state index in [4.69, 9.17) is 12.2 Å². The molecule has 0 saturated carbocycles. The zero-order valence-electron chi connectivity index (χ0n) is 9.76. The highest BCUT2D eigenvalue weighted by molar-refractivity contribution is 8.10. The van der Waals surface area contributed by atoms with Gasteiger partial charge in [0, 0.05) is 16.6 Å². The van der Waals surface area contributed by atoms with Crippen LogP contribution in [0.5, 0.6) is 0 Å². The number of hydrogen-bond acceptors (Lipinski definition) is 2. The predicted octanol–water partition coefficient (Wildman–Crippen LogP) is 2.10. The topological polar surface area (TPSA) is 39.3 Å². The van der Waals surface area contributed by atoms with Gasteiger partial charge in [-0.25, -0.2) is 0 Å². The lowest BCUT2D eigenvalue weighted by atomic mass is 9.98. The highest BCUT2D eigenvalue weighted by atomic mass is 32.1. The first-order valence-corrected chi connectivity index (χ1v) is 6.75. The van der Waals surface area contributed by atoms with Crippen molar-refractivity contribution < 1.29 is 5.11 Å². The Morgan fingerprint density at radius 1 is 1.50 bits per heavy atom. The molecule has 0 radical (unpaired) electrons. The van der Waals surface area contributed by atoms with Crippen LogP contribution < -0.4 is 0 Å². The van der Waals surface area contributed by atoms with Crippen molar-refractivity contribution >= 4 is 40.1 Å². The minimum absolute atomic E-state index is 0.0294. The van der Waals surface area contributed by atoms with Crippen LogP contribution in [-0.2, 0) is 13.0 Å². The maximum atomic E-state index is 9.50. The number of H-pyrrole nitrogens is 1. The molecule has 94 valence electrons. The summed E-state index contributed by atoms with van der Waals surface area (Å²) in [5, 5.41) is 10.7. The molecule has 1 atom stereocenters. The molecule has 0 aliphatic carbocycles. The number of thiocarbonyl (C=S) groups is 1. The average molecular weight is 278 g/mol. The van der Waals surface area contributed by atoms with Gasteiger partial charge < -0.3 is 15.0 Å². The number of rotatable bonds is 1. The SMILES string of the molecule is OCC1Cc2c([nH]c3ccccc23)CN1C(=S)S. The molecule has 3 nitrogen and oxygen atoms in total. The summed E-state index contributed by atoms with van der Waals surface area (Å²) in [5.74, 6) is 0. The van der Waals surface area contributed by atoms with Crippen LogP contribution in [0.3, 0.4) is 0 Å². The Balaban J connectivity index is 2.09. The van der Waals surface area contributed by atoms with Crippen LogP contribution in [0, 0.1) is 0 Å². The summed E-state index contributed by atoms with van der Waals surface area (Å²) in [7, 11) is 0. The fourth-order valence-electron chi connectivity index (χ4n) is 2.66. The zero-order valence-corrected chi connectivity index (χ0v) is 11.5. The van der Waals surface area contributed by atoms with Gasteiger partial charge in [-0.05, 0) is 18.1 Å². The molecule has 2 aromatic rings. The number of nitrogens with one attached hydrogen (secondary N) is 1. The molecule has 0 amide bonds. The van der Waals surface area contributed by atoms with Crippen molar-refractivity contribution in [2.45, 2.75) is 19.0 Å². The van der Waals surface area contributed by atoms with Crippen molar-refractivity contribution in [3.8, 4) is 0 Å². The molecule has 1 aliphatic heterocycles. The maximum absolute atomic E-state index is 9.50. The van der Waals surface area contributed by atoms with Crippen LogP contribution in [0.1, 0.15) is 11.3 Å². The van der Waals surface area contributed by atoms with Crippen LogP contribution in [-0.4, -0.2) is 32.0 Å². The second kappa shape index (κ2) is 4.57. The van der Waals surface area contributed by atoms with E-state index in [-0.39, 0.29) is 12.6 Å². The lowest BCUT2D eigenvalue weighted by Crippen LogP contribution is -2.43. The third-order valence-electron chi connectivity index (χ3n) is 3.57. The first-order valence-electron chi connectivity index (χ1n) is 5.89. The summed E-state index contributed by atoms with van der Waals surface area (Å²) in [6.45, 7) is 0.789. The number of hydrogen-bond donors (Lipinski definition) is 3. The van der Waals surface area contributed by atoms with Crippen LogP contribution in [0.2, 0.25) is 0 Å². The molecule has 0 bridgehead atoms. The third kappa shape index (κ3) is 1.83. The van der Waals surface area contributed by atoms with Gasteiger partial charge in [0.2, 0.25) is 0 Å². The largest absolute Gasteiger partial charge is 0.394 e. The van der Waals surface area contributed by atoms with Crippen LogP contribution >= 0.6 is 24.8 Å². The Morgan fingerprint density at radius 2 is 2.28 bits per heavy atom. The van der Waals surface area contributed by atoms with E-state index in [1.807, 2.05) is 17.0 Å². The van der Waals surface area contributed by atoms with Crippen molar-refractivity contribution in [3.63, 3.8) is 0 Å². The number of nitrogens with zero attached hydrogens (tertiary/aromatic N) is 1. The Morgan fingerprint density at radius 3 is 3.00 bits per heavy atom. The number of fused-ring (bicyclic) bond motifs is 3. The average Bonchev–Trinajstić information content (AvgIpc) is 2.74. The Kier molecular flexibility index (Phi) is 3.05. The molecular weight excluding hydrogens is 264 g/mol. The van der Waals surface area contributed by atoms with Gasteiger partial charge >= 0.3 is 0 Å². The first kappa shape index (κ1) is 12.0. The molecule has 1 aliphatic rings. The third-order valence-corrected chi connectivity index (χ3v) is 4.06. The second-order valence-electron chi connectivity index (χ2n) is 4.58. The number of aromatic amines is 1. The van der Waals surface area contributed by atoms with E-state index < -0.39 is 0 Å². The van der Waals surface area contributed by atoms with Crippen LogP contribution in [0.15, 0.2) is 24.3 Å². The van der Waals surface area contributed by atoms with Crippen LogP contribution in [0.25, 0.3) is 10.9 Å². The van der Waals surface area contributed by atoms with E-state index in [0.717, 1.165) is 11.9 Å². The summed E-state index contributed by atoms with van der Waals surface area (Å²) in [4.78, 5) is 5.40. The first-order chi connectivity index (χ1) is 8.70. The molecule has 2 N–H and O–H groups in total. The van der Waals surface area contributed by atoms with E-state index in [1.165, 1.54) is 16.6 Å². The summed E-state index contributed by atoms with van der Waals surface area (Å²) < 4.78 is 0.540. The molecule has 2 heterocycles. The highest BCUT2D eigenvalue weighted by Crippen LogP contribution is 2.30. The molecule has 0 fully saturated rings.